The second-order valence-corrected chi connectivity index (χ2v) is 8.74. The Morgan fingerprint density at radius 2 is 1.68 bits per heavy atom. The Morgan fingerprint density at radius 3 is 2.19 bits per heavy atom. The largest absolute Gasteiger partial charge is 0.735 e. The van der Waals surface area contributed by atoms with Gasteiger partial charge in [0.25, 0.3) is 0 Å². The first-order valence-electron chi connectivity index (χ1n) is 8.29. The van der Waals surface area contributed by atoms with Gasteiger partial charge in [-0.25, -0.2) is 21.6 Å². The standard InChI is InChI=1S/C12H21NO16S2/c14-3-1-26-10(11(18)19)9(6(3)15)29-12-5(13-30(20,21)22)8(17)7(16)4(28-12)2-27-31(23,24)25/h3-10,12-17H,1-2H2,(H,18,19)(H,20,21,22)(H,23,24,25)/p-3. The van der Waals surface area contributed by atoms with Gasteiger partial charge in [-0.15, -0.1) is 0 Å². The molecule has 2 aliphatic rings. The van der Waals surface area contributed by atoms with Crippen LogP contribution in [0.15, 0.2) is 0 Å². The lowest BCUT2D eigenvalue weighted by Gasteiger charge is -2.46. The van der Waals surface area contributed by atoms with Crippen molar-refractivity contribution in [2.45, 2.75) is 55.1 Å². The lowest BCUT2D eigenvalue weighted by molar-refractivity contribution is -0.344. The summed E-state index contributed by atoms with van der Waals surface area (Å²) in [6.45, 7) is -1.85. The van der Waals surface area contributed by atoms with E-state index in [9.17, 15) is 56.3 Å². The summed E-state index contributed by atoms with van der Waals surface area (Å²) in [7, 11) is -10.6. The highest BCUT2D eigenvalue weighted by molar-refractivity contribution is 7.83. The molecule has 19 heteroatoms. The molecule has 5 N–H and O–H groups in total. The SMILES string of the molecule is O=C([O-])C1OCC(O)C(O)C1OC1OC(COS(=O)(=O)[O-])C(O)C(O)C1NS(=O)(=O)[O-]. The molecule has 9 unspecified atom stereocenters. The highest BCUT2D eigenvalue weighted by Crippen LogP contribution is 2.28. The zero-order chi connectivity index (χ0) is 23.7. The molecule has 31 heavy (non-hydrogen) atoms. The Bertz CT molecular complexity index is 845. The van der Waals surface area contributed by atoms with Gasteiger partial charge in [0.05, 0.1) is 19.2 Å². The van der Waals surface area contributed by atoms with Crippen molar-refractivity contribution in [1.82, 2.24) is 4.72 Å². The summed E-state index contributed by atoms with van der Waals surface area (Å²) in [5.41, 5.74) is 0. The van der Waals surface area contributed by atoms with Crippen molar-refractivity contribution in [1.29, 1.82) is 0 Å². The van der Waals surface area contributed by atoms with E-state index in [1.807, 2.05) is 0 Å². The van der Waals surface area contributed by atoms with Crippen molar-refractivity contribution in [2.24, 2.45) is 0 Å². The number of hydrogen-bond donors (Lipinski definition) is 5. The number of aliphatic carboxylic acids is 1. The van der Waals surface area contributed by atoms with E-state index in [1.54, 1.807) is 0 Å². The van der Waals surface area contributed by atoms with Crippen LogP contribution in [0.1, 0.15) is 0 Å². The van der Waals surface area contributed by atoms with E-state index in [0.29, 0.717) is 0 Å². The molecule has 2 heterocycles. The summed E-state index contributed by atoms with van der Waals surface area (Å²) in [5, 5.41) is 51.1. The zero-order valence-corrected chi connectivity index (χ0v) is 16.7. The topological polar surface area (TPSA) is 284 Å². The number of carboxylic acids is 1. The number of ether oxygens (including phenoxy) is 3. The van der Waals surface area contributed by atoms with E-state index in [1.165, 1.54) is 4.72 Å². The zero-order valence-electron chi connectivity index (χ0n) is 15.1. The molecule has 2 aliphatic heterocycles. The molecule has 0 aromatic carbocycles. The summed E-state index contributed by atoms with van der Waals surface area (Å²) in [5.74, 6) is -1.93. The van der Waals surface area contributed by atoms with Crippen LogP contribution in [0.2, 0.25) is 0 Å². The number of carbonyl (C=O) groups is 1. The van der Waals surface area contributed by atoms with Crippen LogP contribution in [-0.2, 0) is 43.9 Å². The number of rotatable bonds is 8. The summed E-state index contributed by atoms with van der Waals surface area (Å²) >= 11 is 0. The molecule has 0 bridgehead atoms. The van der Waals surface area contributed by atoms with Gasteiger partial charge in [0, 0.05) is 0 Å². The number of carbonyl (C=O) groups excluding carboxylic acids is 1. The Labute approximate surface area is 174 Å². The minimum absolute atomic E-state index is 0.652. The van der Waals surface area contributed by atoms with Gasteiger partial charge in [-0.3, -0.25) is 4.18 Å². The molecule has 0 aliphatic carbocycles. The van der Waals surface area contributed by atoms with Gasteiger partial charge >= 0.3 is 0 Å². The van der Waals surface area contributed by atoms with E-state index in [0.717, 1.165) is 0 Å². The van der Waals surface area contributed by atoms with Crippen LogP contribution in [0.4, 0.5) is 0 Å². The first kappa shape index (κ1) is 26.2. The van der Waals surface area contributed by atoms with Crippen LogP contribution in [0.5, 0.6) is 0 Å². The summed E-state index contributed by atoms with van der Waals surface area (Å²) in [6.07, 6.45) is -16.1. The van der Waals surface area contributed by atoms with E-state index in [2.05, 4.69) is 4.18 Å². The number of carboxylic acid groups (broad SMARTS) is 1. The fourth-order valence-electron chi connectivity index (χ4n) is 2.93. The van der Waals surface area contributed by atoms with Crippen molar-refractivity contribution in [3.8, 4) is 0 Å². The normalized spacial score (nSPS) is 39.9. The molecule has 0 aromatic heterocycles. The second-order valence-electron chi connectivity index (χ2n) is 6.55. The average Bonchev–Trinajstić information content (AvgIpc) is 2.62. The van der Waals surface area contributed by atoms with Gasteiger partial charge < -0.3 is 53.6 Å². The lowest BCUT2D eigenvalue weighted by atomic mass is 9.96. The number of hydrogen-bond acceptors (Lipinski definition) is 16. The molecule has 2 saturated heterocycles. The molecule has 9 atom stereocenters. The molecule has 0 spiro atoms. The van der Waals surface area contributed by atoms with E-state index >= 15 is 0 Å². The highest BCUT2D eigenvalue weighted by Gasteiger charge is 2.50. The quantitative estimate of drug-likeness (QED) is 0.154. The Balaban J connectivity index is 2.33. The molecule has 2 rings (SSSR count). The third-order valence-corrected chi connectivity index (χ3v) is 5.34. The molecule has 0 saturated carbocycles. The Kier molecular flexibility index (Phi) is 8.30. The third-order valence-electron chi connectivity index (χ3n) is 4.36. The molecule has 0 amide bonds. The molecule has 2 fully saturated rings. The van der Waals surface area contributed by atoms with Crippen LogP contribution >= 0.6 is 0 Å². The second kappa shape index (κ2) is 9.82. The molecule has 0 radical (unpaired) electrons. The van der Waals surface area contributed by atoms with Gasteiger partial charge in [0.15, 0.2) is 16.6 Å². The predicted molar refractivity (Wildman–Crippen MR) is 84.6 cm³/mol. The Hall–Kier alpha value is -1.07. The molecule has 17 nitrogen and oxygen atoms in total. The van der Waals surface area contributed by atoms with Crippen LogP contribution in [0.25, 0.3) is 0 Å². The van der Waals surface area contributed by atoms with Crippen molar-refractivity contribution in [3.63, 3.8) is 0 Å². The molecule has 0 aromatic rings. The van der Waals surface area contributed by atoms with Gasteiger partial charge in [0.1, 0.15) is 48.8 Å². The lowest BCUT2D eigenvalue weighted by Crippen LogP contribution is -2.67. The maximum Gasteiger partial charge on any atom is 0.217 e. The first-order valence-corrected chi connectivity index (χ1v) is 11.0. The minimum Gasteiger partial charge on any atom is -0.735 e. The van der Waals surface area contributed by atoms with Gasteiger partial charge in [0.2, 0.25) is 10.4 Å². The summed E-state index contributed by atoms with van der Waals surface area (Å²) in [4.78, 5) is 11.2. The van der Waals surface area contributed by atoms with Crippen LogP contribution in [-0.4, -0.2) is 121 Å². The van der Waals surface area contributed by atoms with Crippen molar-refractivity contribution < 1.29 is 74.7 Å². The predicted octanol–water partition coefficient (Wildman–Crippen LogP) is -7.42. The van der Waals surface area contributed by atoms with Crippen molar-refractivity contribution in [2.75, 3.05) is 13.2 Å². The number of aliphatic hydroxyl groups is 4. The molecular formula is C12H18NO16S2-3. The van der Waals surface area contributed by atoms with E-state index in [4.69, 9.17) is 14.2 Å². The van der Waals surface area contributed by atoms with E-state index in [-0.39, 0.29) is 0 Å². The first-order chi connectivity index (χ1) is 14.1. The van der Waals surface area contributed by atoms with Gasteiger partial charge in [-0.05, 0) is 0 Å². The fourth-order valence-corrected chi connectivity index (χ4v) is 3.81. The van der Waals surface area contributed by atoms with Gasteiger partial charge in [-0.2, -0.15) is 0 Å². The average molecular weight is 496 g/mol. The highest BCUT2D eigenvalue weighted by atomic mass is 32.3. The fraction of sp³-hybridized carbons (Fsp3) is 0.917. The van der Waals surface area contributed by atoms with Crippen LogP contribution in [0, 0.1) is 0 Å². The van der Waals surface area contributed by atoms with E-state index < -0.39 is 94.9 Å². The van der Waals surface area contributed by atoms with Crippen LogP contribution < -0.4 is 9.83 Å². The summed E-state index contributed by atoms with van der Waals surface area (Å²) < 4.78 is 85.3. The van der Waals surface area contributed by atoms with Crippen molar-refractivity contribution in [3.05, 3.63) is 0 Å². The number of nitrogens with one attached hydrogen (secondary N) is 1. The molecular weight excluding hydrogens is 478 g/mol. The minimum atomic E-state index is -5.34. The summed E-state index contributed by atoms with van der Waals surface area (Å²) in [6, 6.07) is -2.12. The third kappa shape index (κ3) is 6.95. The van der Waals surface area contributed by atoms with Crippen LogP contribution in [0.3, 0.4) is 0 Å². The maximum atomic E-state index is 11.2. The molecule has 182 valence electrons. The maximum absolute atomic E-state index is 11.2. The Morgan fingerprint density at radius 1 is 1.06 bits per heavy atom. The smallest absolute Gasteiger partial charge is 0.217 e. The number of aliphatic hydroxyl groups excluding tert-OH is 4. The monoisotopic (exact) mass is 496 g/mol. The van der Waals surface area contributed by atoms with Gasteiger partial charge in [-0.1, -0.05) is 0 Å². The van der Waals surface area contributed by atoms with Crippen molar-refractivity contribution >= 4 is 26.7 Å².